The highest BCUT2D eigenvalue weighted by Gasteiger charge is 2.00. The molecular formula is C13H12N2O2. The average Bonchev–Trinajstić information content (AvgIpc) is 2.38. The van der Waals surface area contributed by atoms with Crippen LogP contribution in [0.4, 0.5) is 0 Å². The molecule has 1 heterocycles. The number of carbonyl (C=O) groups excluding carboxylic acids is 1. The lowest BCUT2D eigenvalue weighted by Gasteiger charge is -2.06. The first-order valence-corrected chi connectivity index (χ1v) is 5.17. The number of carbonyl (C=O) groups is 1. The minimum Gasteiger partial charge on any atom is -0.489 e. The van der Waals surface area contributed by atoms with Gasteiger partial charge in [0.15, 0.2) is 0 Å². The predicted octanol–water partition coefficient (Wildman–Crippen LogP) is 1.76. The number of primary amides is 1. The van der Waals surface area contributed by atoms with Gasteiger partial charge in [-0.25, -0.2) is 0 Å². The quantitative estimate of drug-likeness (QED) is 0.867. The molecule has 0 aliphatic carbocycles. The Kier molecular flexibility index (Phi) is 3.35. The van der Waals surface area contributed by atoms with Gasteiger partial charge in [-0.2, -0.15) is 0 Å². The average molecular weight is 228 g/mol. The first-order valence-electron chi connectivity index (χ1n) is 5.17. The van der Waals surface area contributed by atoms with E-state index >= 15 is 0 Å². The molecule has 1 aromatic carbocycles. The van der Waals surface area contributed by atoms with Crippen LogP contribution in [0.1, 0.15) is 15.9 Å². The summed E-state index contributed by atoms with van der Waals surface area (Å²) in [6, 6.07) is 10.5. The van der Waals surface area contributed by atoms with Crippen molar-refractivity contribution in [3.05, 3.63) is 59.9 Å². The molecule has 4 nitrogen and oxygen atoms in total. The number of rotatable bonds is 4. The van der Waals surface area contributed by atoms with Crippen molar-refractivity contribution in [2.45, 2.75) is 6.61 Å². The topological polar surface area (TPSA) is 65.2 Å². The highest BCUT2D eigenvalue weighted by Crippen LogP contribution is 2.13. The van der Waals surface area contributed by atoms with E-state index in [1.807, 2.05) is 12.1 Å². The molecule has 4 heteroatoms. The highest BCUT2D eigenvalue weighted by molar-refractivity contribution is 5.92. The summed E-state index contributed by atoms with van der Waals surface area (Å²) < 4.78 is 5.53. The summed E-state index contributed by atoms with van der Waals surface area (Å²) in [7, 11) is 0. The summed E-state index contributed by atoms with van der Waals surface area (Å²) >= 11 is 0. The summed E-state index contributed by atoms with van der Waals surface area (Å²) in [5.74, 6) is 0.252. The summed E-state index contributed by atoms with van der Waals surface area (Å²) in [4.78, 5) is 14.9. The molecule has 0 bridgehead atoms. The number of ether oxygens (including phenoxy) is 1. The van der Waals surface area contributed by atoms with E-state index in [1.165, 1.54) is 0 Å². The Hall–Kier alpha value is -2.36. The Balaban J connectivity index is 1.98. The molecule has 0 saturated carbocycles. The highest BCUT2D eigenvalue weighted by atomic mass is 16.5. The van der Waals surface area contributed by atoms with Crippen LogP contribution in [-0.2, 0) is 6.61 Å². The Morgan fingerprint density at radius 2 is 2.00 bits per heavy atom. The maximum Gasteiger partial charge on any atom is 0.248 e. The molecule has 0 radical (unpaired) electrons. The van der Waals surface area contributed by atoms with E-state index in [4.69, 9.17) is 10.5 Å². The first kappa shape index (κ1) is 11.1. The zero-order valence-electron chi connectivity index (χ0n) is 9.17. The molecule has 86 valence electrons. The maximum absolute atomic E-state index is 10.9. The minimum atomic E-state index is -0.441. The van der Waals surface area contributed by atoms with Gasteiger partial charge in [-0.05, 0) is 30.3 Å². The SMILES string of the molecule is NC(=O)c1ccc(OCc2cccnc2)cc1. The maximum atomic E-state index is 10.9. The Labute approximate surface area is 99.1 Å². The van der Waals surface area contributed by atoms with Gasteiger partial charge in [-0.1, -0.05) is 6.07 Å². The standard InChI is InChI=1S/C13H12N2O2/c14-13(16)11-3-5-12(6-4-11)17-9-10-2-1-7-15-8-10/h1-8H,9H2,(H2,14,16). The Bertz CT molecular complexity index is 495. The van der Waals surface area contributed by atoms with Crippen LogP contribution in [-0.4, -0.2) is 10.9 Å². The molecule has 1 amide bonds. The fourth-order valence-electron chi connectivity index (χ4n) is 1.37. The van der Waals surface area contributed by atoms with Gasteiger partial charge in [0.2, 0.25) is 5.91 Å². The van der Waals surface area contributed by atoms with E-state index < -0.39 is 5.91 Å². The van der Waals surface area contributed by atoms with Crippen LogP contribution < -0.4 is 10.5 Å². The van der Waals surface area contributed by atoms with E-state index in [1.54, 1.807) is 36.7 Å². The van der Waals surface area contributed by atoms with Crippen molar-refractivity contribution >= 4 is 5.91 Å². The number of hydrogen-bond donors (Lipinski definition) is 1. The minimum absolute atomic E-state index is 0.441. The van der Waals surface area contributed by atoms with Gasteiger partial charge in [0.25, 0.3) is 0 Å². The molecule has 0 aliphatic rings. The van der Waals surface area contributed by atoms with Gasteiger partial charge < -0.3 is 10.5 Å². The first-order chi connectivity index (χ1) is 8.25. The summed E-state index contributed by atoms with van der Waals surface area (Å²) in [5.41, 5.74) is 6.60. The third-order valence-corrected chi connectivity index (χ3v) is 2.27. The van der Waals surface area contributed by atoms with Crippen LogP contribution >= 0.6 is 0 Å². The van der Waals surface area contributed by atoms with E-state index in [2.05, 4.69) is 4.98 Å². The number of hydrogen-bond acceptors (Lipinski definition) is 3. The number of nitrogens with two attached hydrogens (primary N) is 1. The fourth-order valence-corrected chi connectivity index (χ4v) is 1.37. The van der Waals surface area contributed by atoms with Crippen LogP contribution in [0.2, 0.25) is 0 Å². The van der Waals surface area contributed by atoms with Crippen molar-refractivity contribution < 1.29 is 9.53 Å². The van der Waals surface area contributed by atoms with Crippen molar-refractivity contribution in [3.63, 3.8) is 0 Å². The molecule has 0 fully saturated rings. The molecule has 0 unspecified atom stereocenters. The normalized spacial score (nSPS) is 9.88. The fraction of sp³-hybridized carbons (Fsp3) is 0.0769. The van der Waals surface area contributed by atoms with Crippen LogP contribution in [0, 0.1) is 0 Å². The van der Waals surface area contributed by atoms with E-state index in [0.29, 0.717) is 17.9 Å². The zero-order chi connectivity index (χ0) is 12.1. The smallest absolute Gasteiger partial charge is 0.248 e. The van der Waals surface area contributed by atoms with Gasteiger partial charge in [0.05, 0.1) is 0 Å². The molecule has 2 N–H and O–H groups in total. The summed E-state index contributed by atoms with van der Waals surface area (Å²) in [5, 5.41) is 0. The number of amides is 1. The van der Waals surface area contributed by atoms with Crippen molar-refractivity contribution in [2.75, 3.05) is 0 Å². The molecule has 1 aromatic heterocycles. The molecule has 0 saturated heterocycles. The van der Waals surface area contributed by atoms with Gasteiger partial charge in [0, 0.05) is 23.5 Å². The summed E-state index contributed by atoms with van der Waals surface area (Å²) in [6.07, 6.45) is 3.46. The molecule has 0 aliphatic heterocycles. The lowest BCUT2D eigenvalue weighted by Crippen LogP contribution is -2.10. The van der Waals surface area contributed by atoms with Gasteiger partial charge >= 0.3 is 0 Å². The lowest BCUT2D eigenvalue weighted by atomic mass is 10.2. The largest absolute Gasteiger partial charge is 0.489 e. The van der Waals surface area contributed by atoms with Crippen LogP contribution in [0.15, 0.2) is 48.8 Å². The molecule has 17 heavy (non-hydrogen) atoms. The predicted molar refractivity (Wildman–Crippen MR) is 63.5 cm³/mol. The van der Waals surface area contributed by atoms with E-state index in [-0.39, 0.29) is 0 Å². The van der Waals surface area contributed by atoms with Crippen molar-refractivity contribution in [2.24, 2.45) is 5.73 Å². The number of aromatic nitrogens is 1. The second kappa shape index (κ2) is 5.12. The Morgan fingerprint density at radius 1 is 1.24 bits per heavy atom. The molecule has 0 spiro atoms. The van der Waals surface area contributed by atoms with E-state index in [9.17, 15) is 4.79 Å². The third kappa shape index (κ3) is 3.04. The van der Waals surface area contributed by atoms with Crippen LogP contribution in [0.5, 0.6) is 5.75 Å². The molecule has 2 aromatic rings. The van der Waals surface area contributed by atoms with Crippen molar-refractivity contribution in [3.8, 4) is 5.75 Å². The van der Waals surface area contributed by atoms with Gasteiger partial charge in [0.1, 0.15) is 12.4 Å². The number of benzene rings is 1. The number of nitrogens with zero attached hydrogens (tertiary/aromatic N) is 1. The number of pyridine rings is 1. The second-order valence-corrected chi connectivity index (χ2v) is 3.54. The lowest BCUT2D eigenvalue weighted by molar-refractivity contribution is 0.100. The van der Waals surface area contributed by atoms with Crippen LogP contribution in [0.3, 0.4) is 0 Å². The van der Waals surface area contributed by atoms with Crippen LogP contribution in [0.25, 0.3) is 0 Å². The monoisotopic (exact) mass is 228 g/mol. The molecule has 0 atom stereocenters. The second-order valence-electron chi connectivity index (χ2n) is 3.54. The third-order valence-electron chi connectivity index (χ3n) is 2.27. The summed E-state index contributed by atoms with van der Waals surface area (Å²) in [6.45, 7) is 0.448. The van der Waals surface area contributed by atoms with E-state index in [0.717, 1.165) is 5.56 Å². The zero-order valence-corrected chi connectivity index (χ0v) is 9.17. The van der Waals surface area contributed by atoms with Crippen molar-refractivity contribution in [1.82, 2.24) is 4.98 Å². The molecule has 2 rings (SSSR count). The van der Waals surface area contributed by atoms with Gasteiger partial charge in [-0.3, -0.25) is 9.78 Å². The Morgan fingerprint density at radius 3 is 2.59 bits per heavy atom. The molecular weight excluding hydrogens is 216 g/mol. The van der Waals surface area contributed by atoms with Gasteiger partial charge in [-0.15, -0.1) is 0 Å². The van der Waals surface area contributed by atoms with Crippen molar-refractivity contribution in [1.29, 1.82) is 0 Å².